The second-order valence-corrected chi connectivity index (χ2v) is 9.77. The van der Waals surface area contributed by atoms with Crippen molar-refractivity contribution in [3.63, 3.8) is 0 Å². The number of nitrogens with one attached hydrogen (secondary N) is 1. The lowest BCUT2D eigenvalue weighted by Gasteiger charge is -2.38. The molecular formula is C26H38N6O2. The summed E-state index contributed by atoms with van der Waals surface area (Å²) in [5, 5.41) is 7.95. The van der Waals surface area contributed by atoms with Crippen LogP contribution in [0, 0.1) is 11.8 Å². The number of fused-ring (bicyclic) bond motifs is 1. The molecule has 1 aromatic carbocycles. The molecule has 2 atom stereocenters. The topological polar surface area (TPSA) is 77.2 Å². The molecule has 34 heavy (non-hydrogen) atoms. The number of piperidine rings is 1. The molecule has 1 saturated heterocycles. The van der Waals surface area contributed by atoms with Gasteiger partial charge in [0.05, 0.1) is 11.0 Å². The SMILES string of the molecule is COCCCCn1c(C(=O)N(CC(C)C)[C@@H]2CNC[C@H](Cn3cccn3)C2)nc2ccccc21. The second kappa shape index (κ2) is 11.6. The summed E-state index contributed by atoms with van der Waals surface area (Å²) in [5.41, 5.74) is 1.89. The molecule has 1 amide bonds. The van der Waals surface area contributed by atoms with Crippen LogP contribution < -0.4 is 5.32 Å². The molecule has 1 fully saturated rings. The molecule has 1 aliphatic rings. The van der Waals surface area contributed by atoms with Gasteiger partial charge in [0.1, 0.15) is 0 Å². The van der Waals surface area contributed by atoms with Crippen molar-refractivity contribution in [1.29, 1.82) is 0 Å². The lowest BCUT2D eigenvalue weighted by molar-refractivity contribution is 0.0563. The zero-order valence-electron chi connectivity index (χ0n) is 20.7. The second-order valence-electron chi connectivity index (χ2n) is 9.77. The molecular weight excluding hydrogens is 428 g/mol. The summed E-state index contributed by atoms with van der Waals surface area (Å²) in [6.45, 7) is 9.15. The van der Waals surface area contributed by atoms with Crippen LogP contribution in [0.25, 0.3) is 11.0 Å². The number of aromatic nitrogens is 4. The molecule has 1 aliphatic heterocycles. The van der Waals surface area contributed by atoms with Gasteiger partial charge in [0.15, 0.2) is 5.82 Å². The first-order chi connectivity index (χ1) is 16.6. The molecule has 8 nitrogen and oxygen atoms in total. The van der Waals surface area contributed by atoms with E-state index in [1.165, 1.54) is 0 Å². The van der Waals surface area contributed by atoms with Gasteiger partial charge in [-0.15, -0.1) is 0 Å². The fraction of sp³-hybridized carbons (Fsp3) is 0.577. The molecule has 3 heterocycles. The Hall–Kier alpha value is -2.71. The van der Waals surface area contributed by atoms with Crippen molar-refractivity contribution in [2.24, 2.45) is 11.8 Å². The van der Waals surface area contributed by atoms with Crippen molar-refractivity contribution >= 4 is 16.9 Å². The number of carbonyl (C=O) groups excluding carboxylic acids is 1. The van der Waals surface area contributed by atoms with Gasteiger partial charge in [-0.05, 0) is 55.8 Å². The minimum Gasteiger partial charge on any atom is -0.385 e. The van der Waals surface area contributed by atoms with Gasteiger partial charge < -0.3 is 19.5 Å². The van der Waals surface area contributed by atoms with Crippen LogP contribution in [0.3, 0.4) is 0 Å². The zero-order valence-corrected chi connectivity index (χ0v) is 20.7. The fourth-order valence-electron chi connectivity index (χ4n) is 4.96. The van der Waals surface area contributed by atoms with Crippen molar-refractivity contribution in [2.75, 3.05) is 33.4 Å². The van der Waals surface area contributed by atoms with Crippen LogP contribution in [0.15, 0.2) is 42.7 Å². The summed E-state index contributed by atoms with van der Waals surface area (Å²) >= 11 is 0. The van der Waals surface area contributed by atoms with Crippen LogP contribution in [0.1, 0.15) is 43.7 Å². The third-order valence-corrected chi connectivity index (χ3v) is 6.51. The number of unbranched alkanes of at least 4 members (excludes halogenated alkanes) is 1. The molecule has 0 bridgehead atoms. The largest absolute Gasteiger partial charge is 0.385 e. The molecule has 2 aromatic heterocycles. The number of aryl methyl sites for hydroxylation is 1. The van der Waals surface area contributed by atoms with Gasteiger partial charge >= 0.3 is 0 Å². The van der Waals surface area contributed by atoms with E-state index in [1.807, 2.05) is 41.3 Å². The number of carbonyl (C=O) groups is 1. The molecule has 0 spiro atoms. The van der Waals surface area contributed by atoms with E-state index >= 15 is 0 Å². The summed E-state index contributed by atoms with van der Waals surface area (Å²) in [6, 6.07) is 10.1. The third-order valence-electron chi connectivity index (χ3n) is 6.51. The van der Waals surface area contributed by atoms with Crippen molar-refractivity contribution in [3.8, 4) is 0 Å². The maximum atomic E-state index is 14.1. The zero-order chi connectivity index (χ0) is 23.9. The molecule has 8 heteroatoms. The predicted octanol–water partition coefficient (Wildman–Crippen LogP) is 3.44. The predicted molar refractivity (Wildman–Crippen MR) is 134 cm³/mol. The van der Waals surface area contributed by atoms with E-state index in [9.17, 15) is 4.79 Å². The molecule has 184 valence electrons. The Morgan fingerprint density at radius 3 is 2.85 bits per heavy atom. The highest BCUT2D eigenvalue weighted by Crippen LogP contribution is 2.23. The van der Waals surface area contributed by atoms with E-state index in [2.05, 4.69) is 39.8 Å². The summed E-state index contributed by atoms with van der Waals surface area (Å²) < 4.78 is 9.32. The first-order valence-corrected chi connectivity index (χ1v) is 12.5. The Labute approximate surface area is 202 Å². The maximum Gasteiger partial charge on any atom is 0.290 e. The van der Waals surface area contributed by atoms with Crippen molar-refractivity contribution in [1.82, 2.24) is 29.5 Å². The van der Waals surface area contributed by atoms with Gasteiger partial charge in [-0.2, -0.15) is 5.10 Å². The van der Waals surface area contributed by atoms with Crippen LogP contribution in [0.4, 0.5) is 0 Å². The normalized spacial score (nSPS) is 18.6. The summed E-state index contributed by atoms with van der Waals surface area (Å²) in [6.07, 6.45) is 6.68. The van der Waals surface area contributed by atoms with Gasteiger partial charge in [0, 0.05) is 58.3 Å². The standard InChI is InChI=1S/C26H38N6O2/c1-20(2)18-32(22-15-21(16-27-17-22)19-30-12-8-11-28-30)26(33)25-29-23-9-4-5-10-24(23)31(25)13-6-7-14-34-3/h4-5,8-12,20-22,27H,6-7,13-19H2,1-3H3/t21-,22+/m1/s1. The minimum atomic E-state index is 0.0307. The maximum absolute atomic E-state index is 14.1. The Morgan fingerprint density at radius 2 is 2.09 bits per heavy atom. The summed E-state index contributed by atoms with van der Waals surface area (Å²) in [7, 11) is 1.73. The number of hydrogen-bond acceptors (Lipinski definition) is 5. The monoisotopic (exact) mass is 466 g/mol. The van der Waals surface area contributed by atoms with E-state index in [4.69, 9.17) is 9.72 Å². The van der Waals surface area contributed by atoms with E-state index in [0.29, 0.717) is 24.2 Å². The van der Waals surface area contributed by atoms with Crippen LogP contribution in [0.5, 0.6) is 0 Å². The van der Waals surface area contributed by atoms with Crippen LogP contribution in [-0.2, 0) is 17.8 Å². The number of para-hydroxylation sites is 2. The highest BCUT2D eigenvalue weighted by atomic mass is 16.5. The number of methoxy groups -OCH3 is 1. The van der Waals surface area contributed by atoms with Gasteiger partial charge in [0.25, 0.3) is 5.91 Å². The van der Waals surface area contributed by atoms with E-state index < -0.39 is 0 Å². The molecule has 3 aromatic rings. The number of amides is 1. The average Bonchev–Trinajstić information content (AvgIpc) is 3.48. The van der Waals surface area contributed by atoms with Crippen LogP contribution in [0.2, 0.25) is 0 Å². The smallest absolute Gasteiger partial charge is 0.290 e. The van der Waals surface area contributed by atoms with Gasteiger partial charge in [0.2, 0.25) is 0 Å². The van der Waals surface area contributed by atoms with Crippen molar-refractivity contribution in [3.05, 3.63) is 48.5 Å². The number of imidazole rings is 1. The van der Waals surface area contributed by atoms with Crippen LogP contribution >= 0.6 is 0 Å². The van der Waals surface area contributed by atoms with Gasteiger partial charge in [-0.25, -0.2) is 4.98 Å². The molecule has 1 N–H and O–H groups in total. The first-order valence-electron chi connectivity index (χ1n) is 12.5. The molecule has 0 saturated carbocycles. The highest BCUT2D eigenvalue weighted by Gasteiger charge is 2.33. The van der Waals surface area contributed by atoms with E-state index in [-0.39, 0.29) is 11.9 Å². The Kier molecular flexibility index (Phi) is 8.34. The lowest BCUT2D eigenvalue weighted by Crippen LogP contribution is -2.53. The number of nitrogens with zero attached hydrogens (tertiary/aromatic N) is 5. The highest BCUT2D eigenvalue weighted by molar-refractivity contribution is 5.95. The van der Waals surface area contributed by atoms with Crippen molar-refractivity contribution < 1.29 is 9.53 Å². The number of ether oxygens (including phenoxy) is 1. The number of benzene rings is 1. The Balaban J connectivity index is 1.58. The Morgan fingerprint density at radius 1 is 1.24 bits per heavy atom. The number of hydrogen-bond donors (Lipinski definition) is 1. The average molecular weight is 467 g/mol. The molecule has 4 rings (SSSR count). The molecule has 0 radical (unpaired) electrons. The van der Waals surface area contributed by atoms with Gasteiger partial charge in [-0.1, -0.05) is 26.0 Å². The summed E-state index contributed by atoms with van der Waals surface area (Å²) in [4.78, 5) is 20.9. The quantitative estimate of drug-likeness (QED) is 0.438. The number of rotatable bonds is 11. The van der Waals surface area contributed by atoms with Gasteiger partial charge in [-0.3, -0.25) is 9.48 Å². The Bertz CT molecular complexity index is 1040. The van der Waals surface area contributed by atoms with Crippen LogP contribution in [-0.4, -0.2) is 69.5 Å². The molecule has 0 aliphatic carbocycles. The third kappa shape index (κ3) is 5.85. The summed E-state index contributed by atoms with van der Waals surface area (Å²) in [5.74, 6) is 1.38. The lowest BCUT2D eigenvalue weighted by atomic mass is 9.94. The molecule has 0 unspecified atom stereocenters. The first kappa shape index (κ1) is 24.4. The van der Waals surface area contributed by atoms with E-state index in [0.717, 1.165) is 63.1 Å². The fourth-order valence-corrected chi connectivity index (χ4v) is 4.96. The van der Waals surface area contributed by atoms with E-state index in [1.54, 1.807) is 7.11 Å². The minimum absolute atomic E-state index is 0.0307. The van der Waals surface area contributed by atoms with Crippen molar-refractivity contribution in [2.45, 2.75) is 52.2 Å².